The number of thiazole rings is 1. The van der Waals surface area contributed by atoms with Crippen molar-refractivity contribution in [3.63, 3.8) is 0 Å². The Morgan fingerprint density at radius 2 is 2.00 bits per heavy atom. The monoisotopic (exact) mass is 249 g/mol. The summed E-state index contributed by atoms with van der Waals surface area (Å²) in [5, 5.41) is 12.7. The minimum absolute atomic E-state index is 0.486. The minimum atomic E-state index is -0.812. The second kappa shape index (κ2) is 4.85. The van der Waals surface area contributed by atoms with Crippen LogP contribution in [0.2, 0.25) is 0 Å². The molecule has 0 atom stereocenters. The van der Waals surface area contributed by atoms with Crippen molar-refractivity contribution in [2.24, 2.45) is 0 Å². The zero-order chi connectivity index (χ0) is 12.3. The number of nitrogens with zero attached hydrogens (tertiary/aromatic N) is 1. The molecular formula is C13H15NO2S. The van der Waals surface area contributed by atoms with E-state index in [1.807, 2.05) is 29.6 Å². The van der Waals surface area contributed by atoms with Gasteiger partial charge in [0.25, 0.3) is 0 Å². The molecule has 0 unspecified atom stereocenters. The van der Waals surface area contributed by atoms with E-state index in [4.69, 9.17) is 4.74 Å². The molecule has 90 valence electrons. The zero-order valence-electron chi connectivity index (χ0n) is 9.88. The molecule has 1 N–H and O–H groups in total. The van der Waals surface area contributed by atoms with E-state index in [-0.39, 0.29) is 0 Å². The largest absolute Gasteiger partial charge is 0.486 e. The molecule has 4 heteroatoms. The smallest absolute Gasteiger partial charge is 0.140 e. The first-order valence-corrected chi connectivity index (χ1v) is 6.28. The van der Waals surface area contributed by atoms with Gasteiger partial charge in [0.15, 0.2) is 0 Å². The molecule has 0 bridgehead atoms. The summed E-state index contributed by atoms with van der Waals surface area (Å²) in [6.45, 7) is 4.01. The molecule has 17 heavy (non-hydrogen) atoms. The van der Waals surface area contributed by atoms with Gasteiger partial charge in [-0.2, -0.15) is 0 Å². The van der Waals surface area contributed by atoms with Gasteiger partial charge in [-0.1, -0.05) is 12.1 Å². The van der Waals surface area contributed by atoms with Crippen LogP contribution in [0.25, 0.3) is 0 Å². The Hall–Kier alpha value is -1.39. The average Bonchev–Trinajstić information content (AvgIpc) is 2.78. The van der Waals surface area contributed by atoms with Crippen molar-refractivity contribution in [3.8, 4) is 5.75 Å². The van der Waals surface area contributed by atoms with E-state index in [1.165, 1.54) is 0 Å². The van der Waals surface area contributed by atoms with Gasteiger partial charge in [-0.05, 0) is 31.5 Å². The second-order valence-corrected chi connectivity index (χ2v) is 5.28. The van der Waals surface area contributed by atoms with Crippen LogP contribution in [0, 0.1) is 0 Å². The summed E-state index contributed by atoms with van der Waals surface area (Å²) in [4.78, 5) is 4.14. The van der Waals surface area contributed by atoms with Crippen LogP contribution in [-0.2, 0) is 12.2 Å². The van der Waals surface area contributed by atoms with Crippen molar-refractivity contribution in [2.45, 2.75) is 26.1 Å². The van der Waals surface area contributed by atoms with Gasteiger partial charge in [0, 0.05) is 11.6 Å². The van der Waals surface area contributed by atoms with Gasteiger partial charge in [0.1, 0.15) is 17.4 Å². The van der Waals surface area contributed by atoms with E-state index < -0.39 is 5.60 Å². The maximum atomic E-state index is 9.81. The predicted molar refractivity (Wildman–Crippen MR) is 68.1 cm³/mol. The summed E-state index contributed by atoms with van der Waals surface area (Å²) in [7, 11) is 0. The standard InChI is InChI=1S/C13H15NO2S/c1-13(2,15)10-3-5-11(6-4-10)16-9-12-14-7-8-17-12/h3-8,15H,9H2,1-2H3. The SMILES string of the molecule is CC(C)(O)c1ccc(OCc2nccs2)cc1. The Balaban J connectivity index is 1.99. The summed E-state index contributed by atoms with van der Waals surface area (Å²) in [5.41, 5.74) is 0.0625. The first kappa shape index (κ1) is 12.1. The Morgan fingerprint density at radius 1 is 1.29 bits per heavy atom. The van der Waals surface area contributed by atoms with Gasteiger partial charge >= 0.3 is 0 Å². The quantitative estimate of drug-likeness (QED) is 0.906. The van der Waals surface area contributed by atoms with Gasteiger partial charge in [-0.15, -0.1) is 11.3 Å². The molecule has 1 aromatic carbocycles. The van der Waals surface area contributed by atoms with E-state index in [0.717, 1.165) is 16.3 Å². The molecule has 1 heterocycles. The van der Waals surface area contributed by atoms with Crippen LogP contribution in [0.3, 0.4) is 0 Å². The summed E-state index contributed by atoms with van der Waals surface area (Å²) in [6, 6.07) is 7.47. The van der Waals surface area contributed by atoms with E-state index in [0.29, 0.717) is 6.61 Å². The molecule has 0 aliphatic heterocycles. The van der Waals surface area contributed by atoms with E-state index >= 15 is 0 Å². The van der Waals surface area contributed by atoms with E-state index in [1.54, 1.807) is 31.4 Å². The van der Waals surface area contributed by atoms with Crippen molar-refractivity contribution in [2.75, 3.05) is 0 Å². The molecule has 3 nitrogen and oxygen atoms in total. The summed E-state index contributed by atoms with van der Waals surface area (Å²) in [5.74, 6) is 0.785. The van der Waals surface area contributed by atoms with Crippen molar-refractivity contribution < 1.29 is 9.84 Å². The molecule has 0 amide bonds. The normalized spacial score (nSPS) is 11.5. The van der Waals surface area contributed by atoms with Crippen LogP contribution in [0.4, 0.5) is 0 Å². The maximum Gasteiger partial charge on any atom is 0.140 e. The van der Waals surface area contributed by atoms with Crippen LogP contribution in [0.15, 0.2) is 35.8 Å². The Bertz CT molecular complexity index is 457. The lowest BCUT2D eigenvalue weighted by molar-refractivity contribution is 0.0785. The highest BCUT2D eigenvalue weighted by atomic mass is 32.1. The Labute approximate surface area is 105 Å². The third kappa shape index (κ3) is 3.28. The molecule has 0 fully saturated rings. The second-order valence-electron chi connectivity index (χ2n) is 4.30. The van der Waals surface area contributed by atoms with Crippen LogP contribution >= 0.6 is 11.3 Å². The number of benzene rings is 1. The highest BCUT2D eigenvalue weighted by Gasteiger charge is 2.15. The van der Waals surface area contributed by atoms with E-state index in [9.17, 15) is 5.11 Å². The number of hydrogen-bond donors (Lipinski definition) is 1. The van der Waals surface area contributed by atoms with E-state index in [2.05, 4.69) is 4.98 Å². The van der Waals surface area contributed by atoms with Crippen molar-refractivity contribution in [3.05, 3.63) is 46.4 Å². The summed E-state index contributed by atoms with van der Waals surface area (Å²) < 4.78 is 5.58. The lowest BCUT2D eigenvalue weighted by atomic mass is 9.99. The first-order valence-electron chi connectivity index (χ1n) is 5.40. The molecule has 0 aliphatic carbocycles. The maximum absolute atomic E-state index is 9.81. The highest BCUT2D eigenvalue weighted by Crippen LogP contribution is 2.22. The van der Waals surface area contributed by atoms with Crippen LogP contribution in [0.1, 0.15) is 24.4 Å². The van der Waals surface area contributed by atoms with Crippen molar-refractivity contribution in [1.29, 1.82) is 0 Å². The molecule has 0 spiro atoms. The van der Waals surface area contributed by atoms with Crippen molar-refractivity contribution >= 4 is 11.3 Å². The average molecular weight is 249 g/mol. The fraction of sp³-hybridized carbons (Fsp3) is 0.308. The molecular weight excluding hydrogens is 234 g/mol. The first-order chi connectivity index (χ1) is 8.05. The van der Waals surface area contributed by atoms with Gasteiger partial charge in [0.2, 0.25) is 0 Å². The number of rotatable bonds is 4. The van der Waals surface area contributed by atoms with Gasteiger partial charge in [-0.25, -0.2) is 4.98 Å². The number of aliphatic hydroxyl groups is 1. The minimum Gasteiger partial charge on any atom is -0.486 e. The fourth-order valence-corrected chi connectivity index (χ4v) is 1.96. The Kier molecular flexibility index (Phi) is 3.45. The van der Waals surface area contributed by atoms with Crippen LogP contribution < -0.4 is 4.74 Å². The van der Waals surface area contributed by atoms with Crippen molar-refractivity contribution in [1.82, 2.24) is 4.98 Å². The molecule has 0 saturated carbocycles. The highest BCUT2D eigenvalue weighted by molar-refractivity contribution is 7.09. The summed E-state index contributed by atoms with van der Waals surface area (Å²) >= 11 is 1.57. The van der Waals surface area contributed by atoms with Crippen LogP contribution in [-0.4, -0.2) is 10.1 Å². The fourth-order valence-electron chi connectivity index (χ4n) is 1.43. The lowest BCUT2D eigenvalue weighted by Crippen LogP contribution is -2.14. The molecule has 2 rings (SSSR count). The molecule has 0 radical (unpaired) electrons. The van der Waals surface area contributed by atoms with Gasteiger partial charge in [-0.3, -0.25) is 0 Å². The van der Waals surface area contributed by atoms with Crippen LogP contribution in [0.5, 0.6) is 5.75 Å². The molecule has 1 aromatic heterocycles. The number of aromatic nitrogens is 1. The third-order valence-electron chi connectivity index (χ3n) is 2.41. The van der Waals surface area contributed by atoms with Gasteiger partial charge in [0.05, 0.1) is 5.60 Å². The number of hydrogen-bond acceptors (Lipinski definition) is 4. The predicted octanol–water partition coefficient (Wildman–Crippen LogP) is 2.95. The topological polar surface area (TPSA) is 42.4 Å². The lowest BCUT2D eigenvalue weighted by Gasteiger charge is -2.17. The third-order valence-corrected chi connectivity index (χ3v) is 3.16. The Morgan fingerprint density at radius 3 is 2.53 bits per heavy atom. The summed E-state index contributed by atoms with van der Waals surface area (Å²) in [6.07, 6.45) is 1.76. The molecule has 2 aromatic rings. The molecule has 0 saturated heterocycles. The zero-order valence-corrected chi connectivity index (χ0v) is 10.7. The number of ether oxygens (including phenoxy) is 1. The molecule has 0 aliphatic rings. The van der Waals surface area contributed by atoms with Gasteiger partial charge < -0.3 is 9.84 Å².